The molecule has 3 heterocycles. The van der Waals surface area contributed by atoms with Crippen molar-refractivity contribution < 1.29 is 14.3 Å². The second-order valence-corrected chi connectivity index (χ2v) is 16.1. The Hall–Kier alpha value is -6.04. The van der Waals surface area contributed by atoms with Gasteiger partial charge in [0.1, 0.15) is 5.58 Å². The third-order valence-electron chi connectivity index (χ3n) is 9.43. The summed E-state index contributed by atoms with van der Waals surface area (Å²) in [6.07, 6.45) is 6.78. The highest BCUT2D eigenvalue weighted by atomic mass is 32.2. The minimum absolute atomic E-state index is 0.142. The molecule has 57 heavy (non-hydrogen) atoms. The van der Waals surface area contributed by atoms with Crippen LogP contribution in [-0.4, -0.2) is 33.8 Å². The zero-order valence-electron chi connectivity index (χ0n) is 30.6. The van der Waals surface area contributed by atoms with Gasteiger partial charge >= 0.3 is 0 Å². The Labute approximate surface area is 343 Å². The number of para-hydroxylation sites is 3. The van der Waals surface area contributed by atoms with Crippen molar-refractivity contribution >= 4 is 97.4 Å². The molecule has 0 spiro atoms. The van der Waals surface area contributed by atoms with Crippen molar-refractivity contribution in [2.45, 2.75) is 11.1 Å². The van der Waals surface area contributed by atoms with Gasteiger partial charge in [-0.2, -0.15) is 0 Å². The largest absolute Gasteiger partial charge is 0.464 e. The fraction of sp³-hybridized carbons (Fsp3) is 0.0426. The quantitative estimate of drug-likeness (QED) is 0.121. The van der Waals surface area contributed by atoms with Crippen molar-refractivity contribution in [2.75, 3.05) is 16.1 Å². The third kappa shape index (κ3) is 7.73. The van der Waals surface area contributed by atoms with Crippen molar-refractivity contribution in [1.29, 1.82) is 0 Å². The van der Waals surface area contributed by atoms with Gasteiger partial charge in [0.15, 0.2) is 16.6 Å². The maximum atomic E-state index is 14.1. The summed E-state index contributed by atoms with van der Waals surface area (Å²) in [5, 5.41) is 13.8. The first kappa shape index (κ1) is 36.6. The zero-order chi connectivity index (χ0) is 38.7. The summed E-state index contributed by atoms with van der Waals surface area (Å²) >= 11 is 4.50. The first-order valence-electron chi connectivity index (χ1n) is 18.2. The van der Waals surface area contributed by atoms with Crippen molar-refractivity contribution in [2.24, 2.45) is 9.98 Å². The number of fused-ring (bicyclic) bond motifs is 1. The van der Waals surface area contributed by atoms with Crippen LogP contribution in [0.5, 0.6) is 0 Å². The maximum absolute atomic E-state index is 14.1. The number of aliphatic imine (C=N–C) groups is 2. The number of rotatable bonds is 8. The predicted molar refractivity (Wildman–Crippen MR) is 240 cm³/mol. The van der Waals surface area contributed by atoms with Gasteiger partial charge in [0.25, 0.3) is 5.91 Å². The van der Waals surface area contributed by atoms with E-state index in [2.05, 4.69) is 30.5 Å². The lowest BCUT2D eigenvalue weighted by Crippen LogP contribution is -2.32. The van der Waals surface area contributed by atoms with Gasteiger partial charge in [-0.15, -0.1) is 11.8 Å². The van der Waals surface area contributed by atoms with E-state index in [0.717, 1.165) is 60.9 Å². The van der Waals surface area contributed by atoms with Crippen LogP contribution in [-0.2, 0) is 4.79 Å². The molecule has 7 nitrogen and oxygen atoms in total. The normalized spacial score (nSPS) is 18.6. The smallest absolute Gasteiger partial charge is 0.271 e. The molecule has 2 saturated heterocycles. The summed E-state index contributed by atoms with van der Waals surface area (Å²) in [5.74, 6) is -0.142. The summed E-state index contributed by atoms with van der Waals surface area (Å²) in [4.78, 5) is 30.1. The van der Waals surface area contributed by atoms with E-state index in [0.29, 0.717) is 15.2 Å². The molecule has 9 rings (SSSR count). The predicted octanol–water partition coefficient (Wildman–Crippen LogP) is 12.2. The molecule has 1 aromatic heterocycles. The van der Waals surface area contributed by atoms with Crippen LogP contribution in [0.1, 0.15) is 11.1 Å². The summed E-state index contributed by atoms with van der Waals surface area (Å²) in [6, 6.07) is 51.4. The Kier molecular flexibility index (Phi) is 10.4. The molecular formula is C47H34N4O3S3. The van der Waals surface area contributed by atoms with Gasteiger partial charge in [-0.25, -0.2) is 9.98 Å². The molecule has 0 aliphatic carbocycles. The van der Waals surface area contributed by atoms with E-state index < -0.39 is 6.23 Å². The SMILES string of the molecule is CSc1ccc(/C=C2\S/C(=N\c3cccc(-c4cc(/C=C5\S/C(=N\c6ccccc6)N(c6ccccc6)C5=O)cc5ccoc45)c3)N(c3ccccc3)C2O)cc1. The van der Waals surface area contributed by atoms with Crippen LogP contribution in [0.25, 0.3) is 34.2 Å². The van der Waals surface area contributed by atoms with E-state index in [1.54, 1.807) is 22.9 Å². The van der Waals surface area contributed by atoms with Gasteiger partial charge < -0.3 is 9.52 Å². The average Bonchev–Trinajstić information content (AvgIpc) is 3.93. The molecule has 278 valence electrons. The minimum atomic E-state index is -0.903. The number of nitrogens with zero attached hydrogens (tertiary/aromatic N) is 4. The van der Waals surface area contributed by atoms with Gasteiger partial charge in [0.05, 0.1) is 28.2 Å². The Morgan fingerprint density at radius 1 is 0.684 bits per heavy atom. The fourth-order valence-corrected chi connectivity index (χ4v) is 9.18. The van der Waals surface area contributed by atoms with Crippen molar-refractivity contribution in [3.63, 3.8) is 0 Å². The molecule has 1 N–H and O–H groups in total. The van der Waals surface area contributed by atoms with Gasteiger partial charge in [0, 0.05) is 26.4 Å². The number of anilines is 2. The lowest BCUT2D eigenvalue weighted by atomic mass is 9.99. The first-order chi connectivity index (χ1) is 28.0. The number of furan rings is 1. The summed E-state index contributed by atoms with van der Waals surface area (Å²) in [6.45, 7) is 0. The van der Waals surface area contributed by atoms with E-state index in [9.17, 15) is 9.90 Å². The molecule has 0 bridgehead atoms. The molecule has 1 unspecified atom stereocenters. The van der Waals surface area contributed by atoms with Crippen LogP contribution in [0.2, 0.25) is 0 Å². The van der Waals surface area contributed by atoms with Gasteiger partial charge in [-0.05, 0) is 126 Å². The molecular weight excluding hydrogens is 765 g/mol. The molecule has 0 saturated carbocycles. The average molecular weight is 799 g/mol. The van der Waals surface area contributed by atoms with Crippen LogP contribution in [0, 0.1) is 0 Å². The lowest BCUT2D eigenvalue weighted by molar-refractivity contribution is -0.113. The third-order valence-corrected chi connectivity index (χ3v) is 12.2. The number of benzene rings is 6. The molecule has 2 aliphatic heterocycles. The van der Waals surface area contributed by atoms with E-state index in [1.165, 1.54) is 28.4 Å². The highest BCUT2D eigenvalue weighted by molar-refractivity contribution is 8.19. The molecule has 1 atom stereocenters. The van der Waals surface area contributed by atoms with Crippen LogP contribution in [0.3, 0.4) is 0 Å². The molecule has 6 aromatic carbocycles. The fourth-order valence-electron chi connectivity index (χ4n) is 6.70. The van der Waals surface area contributed by atoms with E-state index in [4.69, 9.17) is 14.4 Å². The van der Waals surface area contributed by atoms with Crippen molar-refractivity contribution in [3.05, 3.63) is 185 Å². The monoisotopic (exact) mass is 798 g/mol. The second-order valence-electron chi connectivity index (χ2n) is 13.2. The Bertz CT molecular complexity index is 2710. The molecule has 0 radical (unpaired) electrons. The maximum Gasteiger partial charge on any atom is 0.271 e. The number of amidine groups is 2. The standard InChI is InChI=1S/C47H34N4O3S3/c1-55-39-22-20-31(21-23-39)28-41-44(52)51(38-18-9-4-10-19-38)47(56-41)49-36-15-11-12-33(30-36)40-27-32(26-34-24-25-54-43(34)40)29-42-45(53)50(37-16-7-3-8-17-37)46(57-42)48-35-13-5-2-6-14-35/h2-30,44,52H,1H3/b41-28-,42-29-,48-46-,49-47-. The number of aliphatic hydroxyl groups excluding tert-OH is 1. The van der Waals surface area contributed by atoms with Gasteiger partial charge in [-0.1, -0.05) is 90.6 Å². The van der Waals surface area contributed by atoms with Crippen LogP contribution in [0.15, 0.2) is 193 Å². The number of carbonyl (C=O) groups excluding carboxylic acids is 1. The number of thioether (sulfide) groups is 3. The number of carbonyl (C=O) groups is 1. The van der Waals surface area contributed by atoms with Crippen molar-refractivity contribution in [1.82, 2.24) is 0 Å². The van der Waals surface area contributed by atoms with Gasteiger partial charge in [0.2, 0.25) is 0 Å². The summed E-state index contributed by atoms with van der Waals surface area (Å²) in [7, 11) is 0. The first-order valence-corrected chi connectivity index (χ1v) is 21.1. The highest BCUT2D eigenvalue weighted by Gasteiger charge is 2.36. The Morgan fingerprint density at radius 2 is 1.37 bits per heavy atom. The molecule has 7 aromatic rings. The van der Waals surface area contributed by atoms with Crippen molar-refractivity contribution in [3.8, 4) is 11.1 Å². The Balaban J connectivity index is 1.08. The van der Waals surface area contributed by atoms with E-state index in [1.807, 2.05) is 151 Å². The zero-order valence-corrected chi connectivity index (χ0v) is 33.0. The van der Waals surface area contributed by atoms with Gasteiger partial charge in [-0.3, -0.25) is 14.6 Å². The van der Waals surface area contributed by atoms with Crippen LogP contribution in [0.4, 0.5) is 22.7 Å². The molecule has 1 amide bonds. The topological polar surface area (TPSA) is 81.6 Å². The number of hydrogen-bond donors (Lipinski definition) is 1. The van der Waals surface area contributed by atoms with Crippen LogP contribution >= 0.6 is 35.3 Å². The highest BCUT2D eigenvalue weighted by Crippen LogP contribution is 2.42. The number of amides is 1. The lowest BCUT2D eigenvalue weighted by Gasteiger charge is -2.22. The molecule has 2 aliphatic rings. The molecule has 2 fully saturated rings. The number of hydrogen-bond acceptors (Lipinski definition) is 8. The number of aliphatic hydroxyl groups is 1. The summed E-state index contributed by atoms with van der Waals surface area (Å²) in [5.41, 5.74) is 7.45. The minimum Gasteiger partial charge on any atom is -0.464 e. The van der Waals surface area contributed by atoms with Crippen LogP contribution < -0.4 is 9.80 Å². The Morgan fingerprint density at radius 3 is 2.11 bits per heavy atom. The van der Waals surface area contributed by atoms with E-state index in [-0.39, 0.29) is 5.91 Å². The van der Waals surface area contributed by atoms with E-state index >= 15 is 0 Å². The summed E-state index contributed by atoms with van der Waals surface area (Å²) < 4.78 is 6.05. The second kappa shape index (κ2) is 16.2. The molecule has 10 heteroatoms.